The number of benzene rings is 1. The number of sulfonamides is 1. The Morgan fingerprint density at radius 3 is 2.64 bits per heavy atom. The highest BCUT2D eigenvalue weighted by atomic mass is 32.2. The first kappa shape index (κ1) is 9.04. The molecule has 6 heteroatoms. The van der Waals surface area contributed by atoms with Crippen LogP contribution in [0.2, 0.25) is 0 Å². The summed E-state index contributed by atoms with van der Waals surface area (Å²) in [5.41, 5.74) is 0.122. The molecule has 1 aromatic heterocycles. The zero-order chi connectivity index (χ0) is 10.3. The van der Waals surface area contributed by atoms with Crippen molar-refractivity contribution in [1.82, 2.24) is 0 Å². The average Bonchev–Trinajstić information content (AvgIpc) is 2.48. The van der Waals surface area contributed by atoms with E-state index in [-0.39, 0.29) is 16.4 Å². The molecule has 0 fully saturated rings. The summed E-state index contributed by atoms with van der Waals surface area (Å²) in [5.74, 6) is -0.114. The van der Waals surface area contributed by atoms with Crippen molar-refractivity contribution in [3.8, 4) is 5.75 Å². The van der Waals surface area contributed by atoms with Crippen molar-refractivity contribution in [1.29, 1.82) is 0 Å². The van der Waals surface area contributed by atoms with Crippen molar-refractivity contribution in [3.05, 3.63) is 24.3 Å². The lowest BCUT2D eigenvalue weighted by molar-refractivity contribution is 0.440. The van der Waals surface area contributed by atoms with Gasteiger partial charge in [-0.05, 0) is 6.07 Å². The maximum Gasteiger partial charge on any atom is 0.271 e. The Kier molecular flexibility index (Phi) is 1.76. The summed E-state index contributed by atoms with van der Waals surface area (Å²) in [5, 5.41) is 14.3. The minimum Gasteiger partial charge on any atom is -0.504 e. The van der Waals surface area contributed by atoms with E-state index >= 15 is 0 Å². The number of phenols is 1. The number of hydrogen-bond donors (Lipinski definition) is 2. The molecule has 0 atom stereocenters. The standard InChI is InChI=1S/C8H7NO4S/c9-14(11,12)7-4-5-2-1-3-6(10)8(5)13-7/h1-4,10H,(H2,9,11,12). The molecule has 0 bridgehead atoms. The van der Waals surface area contributed by atoms with Gasteiger partial charge < -0.3 is 9.52 Å². The monoisotopic (exact) mass is 213 g/mol. The predicted octanol–water partition coefficient (Wildman–Crippen LogP) is 0.786. The molecule has 0 aliphatic rings. The highest BCUT2D eigenvalue weighted by Gasteiger charge is 2.15. The van der Waals surface area contributed by atoms with Crippen LogP contribution in [0.15, 0.2) is 33.8 Å². The number of phenolic OH excluding ortho intramolecular Hbond substituents is 1. The fraction of sp³-hybridized carbons (Fsp3) is 0. The first-order valence-corrected chi connectivity index (χ1v) is 5.27. The molecular weight excluding hydrogens is 206 g/mol. The lowest BCUT2D eigenvalue weighted by Crippen LogP contribution is -2.10. The molecule has 14 heavy (non-hydrogen) atoms. The van der Waals surface area contributed by atoms with Gasteiger partial charge in [-0.2, -0.15) is 0 Å². The molecule has 74 valence electrons. The Morgan fingerprint density at radius 2 is 2.07 bits per heavy atom. The van der Waals surface area contributed by atoms with Crippen molar-refractivity contribution >= 4 is 21.0 Å². The van der Waals surface area contributed by atoms with Crippen LogP contribution in [0.25, 0.3) is 11.0 Å². The maximum absolute atomic E-state index is 10.9. The van der Waals surface area contributed by atoms with Gasteiger partial charge in [-0.15, -0.1) is 0 Å². The topological polar surface area (TPSA) is 93.5 Å². The number of nitrogens with two attached hydrogens (primary N) is 1. The highest BCUT2D eigenvalue weighted by molar-refractivity contribution is 7.89. The lowest BCUT2D eigenvalue weighted by atomic mass is 10.2. The average molecular weight is 213 g/mol. The van der Waals surface area contributed by atoms with Crippen LogP contribution in [0.1, 0.15) is 0 Å². The van der Waals surface area contributed by atoms with E-state index in [1.54, 1.807) is 12.1 Å². The molecule has 0 aliphatic carbocycles. The van der Waals surface area contributed by atoms with E-state index < -0.39 is 10.0 Å². The predicted molar refractivity (Wildman–Crippen MR) is 49.3 cm³/mol. The van der Waals surface area contributed by atoms with Crippen molar-refractivity contribution in [2.75, 3.05) is 0 Å². The highest BCUT2D eigenvalue weighted by Crippen LogP contribution is 2.28. The summed E-state index contributed by atoms with van der Waals surface area (Å²) in [6.07, 6.45) is 0. The molecule has 2 aromatic rings. The molecule has 2 rings (SSSR count). The second-order valence-corrected chi connectivity index (χ2v) is 4.30. The Bertz CT molecular complexity index is 584. The van der Waals surface area contributed by atoms with Gasteiger partial charge in [-0.1, -0.05) is 12.1 Å². The van der Waals surface area contributed by atoms with E-state index in [9.17, 15) is 13.5 Å². The smallest absolute Gasteiger partial charge is 0.271 e. The van der Waals surface area contributed by atoms with Crippen LogP contribution < -0.4 is 5.14 Å². The molecular formula is C8H7NO4S. The molecule has 0 unspecified atom stereocenters. The van der Waals surface area contributed by atoms with Crippen molar-refractivity contribution in [2.24, 2.45) is 5.14 Å². The second-order valence-electron chi connectivity index (χ2n) is 2.81. The van der Waals surface area contributed by atoms with Crippen LogP contribution in [0.4, 0.5) is 0 Å². The van der Waals surface area contributed by atoms with E-state index in [0.717, 1.165) is 0 Å². The molecule has 0 saturated carbocycles. The Balaban J connectivity index is 2.81. The minimum absolute atomic E-state index is 0.114. The molecule has 1 heterocycles. The van der Waals surface area contributed by atoms with Crippen molar-refractivity contribution in [2.45, 2.75) is 5.09 Å². The van der Waals surface area contributed by atoms with Gasteiger partial charge in [0.05, 0.1) is 0 Å². The Morgan fingerprint density at radius 1 is 1.36 bits per heavy atom. The lowest BCUT2D eigenvalue weighted by Gasteiger charge is -1.91. The van der Waals surface area contributed by atoms with E-state index in [1.807, 2.05) is 0 Å². The third kappa shape index (κ3) is 1.34. The molecule has 0 aliphatic heterocycles. The number of primary sulfonamides is 1. The van der Waals surface area contributed by atoms with Crippen LogP contribution in [0, 0.1) is 0 Å². The molecule has 0 saturated heterocycles. The zero-order valence-electron chi connectivity index (χ0n) is 6.97. The van der Waals surface area contributed by atoms with Gasteiger partial charge in [-0.3, -0.25) is 0 Å². The second kappa shape index (κ2) is 2.73. The van der Waals surface area contributed by atoms with E-state index in [1.165, 1.54) is 12.1 Å². The zero-order valence-corrected chi connectivity index (χ0v) is 7.78. The van der Waals surface area contributed by atoms with Crippen LogP contribution in [-0.4, -0.2) is 13.5 Å². The number of furan rings is 1. The number of rotatable bonds is 1. The minimum atomic E-state index is -3.86. The van der Waals surface area contributed by atoms with Gasteiger partial charge in [0.2, 0.25) is 5.09 Å². The van der Waals surface area contributed by atoms with Crippen molar-refractivity contribution < 1.29 is 17.9 Å². The summed E-state index contributed by atoms with van der Waals surface area (Å²) in [6, 6.07) is 5.87. The molecule has 0 radical (unpaired) electrons. The first-order valence-electron chi connectivity index (χ1n) is 3.73. The largest absolute Gasteiger partial charge is 0.504 e. The maximum atomic E-state index is 10.9. The third-order valence-electron chi connectivity index (χ3n) is 1.78. The van der Waals surface area contributed by atoms with Gasteiger partial charge >= 0.3 is 0 Å². The molecule has 5 nitrogen and oxygen atoms in total. The van der Waals surface area contributed by atoms with Gasteiger partial charge in [0, 0.05) is 11.5 Å². The Labute approximate surface area is 79.8 Å². The quantitative estimate of drug-likeness (QED) is 0.732. The van der Waals surface area contributed by atoms with Crippen LogP contribution in [0.3, 0.4) is 0 Å². The first-order chi connectivity index (χ1) is 6.48. The summed E-state index contributed by atoms with van der Waals surface area (Å²) in [4.78, 5) is 0. The van der Waals surface area contributed by atoms with E-state index in [2.05, 4.69) is 0 Å². The number of para-hydroxylation sites is 1. The number of hydrogen-bond acceptors (Lipinski definition) is 4. The van der Waals surface area contributed by atoms with Crippen molar-refractivity contribution in [3.63, 3.8) is 0 Å². The van der Waals surface area contributed by atoms with Crippen LogP contribution in [-0.2, 0) is 10.0 Å². The summed E-state index contributed by atoms with van der Waals surface area (Å²) in [6.45, 7) is 0. The van der Waals surface area contributed by atoms with E-state index in [0.29, 0.717) is 5.39 Å². The van der Waals surface area contributed by atoms with Gasteiger partial charge in [0.15, 0.2) is 11.3 Å². The molecule has 0 spiro atoms. The Hall–Kier alpha value is -1.53. The van der Waals surface area contributed by atoms with Gasteiger partial charge in [0.1, 0.15) is 0 Å². The number of aromatic hydroxyl groups is 1. The van der Waals surface area contributed by atoms with E-state index in [4.69, 9.17) is 9.56 Å². The summed E-state index contributed by atoms with van der Waals surface area (Å²) < 4.78 is 26.7. The SMILES string of the molecule is NS(=O)(=O)c1cc2cccc(O)c2o1. The van der Waals surface area contributed by atoms with Gasteiger partial charge in [-0.25, -0.2) is 13.6 Å². The fourth-order valence-electron chi connectivity index (χ4n) is 1.16. The molecule has 3 N–H and O–H groups in total. The van der Waals surface area contributed by atoms with Crippen LogP contribution in [0.5, 0.6) is 5.75 Å². The van der Waals surface area contributed by atoms with Gasteiger partial charge in [0.25, 0.3) is 10.0 Å². The molecule has 1 aromatic carbocycles. The molecule has 0 amide bonds. The normalized spacial score (nSPS) is 12.1. The summed E-state index contributed by atoms with van der Waals surface area (Å²) >= 11 is 0. The fourth-order valence-corrected chi connectivity index (χ4v) is 1.66. The number of fused-ring (bicyclic) bond motifs is 1. The van der Waals surface area contributed by atoms with Crippen LogP contribution >= 0.6 is 0 Å². The summed E-state index contributed by atoms with van der Waals surface area (Å²) in [7, 11) is -3.86. The third-order valence-corrected chi connectivity index (χ3v) is 2.54.